The van der Waals surface area contributed by atoms with Crippen molar-refractivity contribution in [1.82, 2.24) is 0 Å². The molecule has 0 atom stereocenters. The summed E-state index contributed by atoms with van der Waals surface area (Å²) in [7, 11) is 0. The predicted molar refractivity (Wildman–Crippen MR) is 109 cm³/mol. The Morgan fingerprint density at radius 2 is 1.63 bits per heavy atom. The molecule has 154 valence electrons. The highest BCUT2D eigenvalue weighted by molar-refractivity contribution is 6.14. The maximum atomic E-state index is 12.8. The average molecular weight is 412 g/mol. The Hall–Kier alpha value is -3.61. The van der Waals surface area contributed by atoms with Crippen LogP contribution in [-0.2, 0) is 17.4 Å². The van der Waals surface area contributed by atoms with Gasteiger partial charge in [-0.3, -0.25) is 9.59 Å². The zero-order valence-corrected chi connectivity index (χ0v) is 15.9. The minimum absolute atomic E-state index is 0.0370. The van der Waals surface area contributed by atoms with E-state index in [1.54, 1.807) is 36.4 Å². The summed E-state index contributed by atoms with van der Waals surface area (Å²) in [5.41, 5.74) is 6.81. The summed E-state index contributed by atoms with van der Waals surface area (Å²) in [6.45, 7) is 0. The van der Waals surface area contributed by atoms with Gasteiger partial charge in [0.1, 0.15) is 0 Å². The molecule has 0 saturated carbocycles. The molecule has 0 bridgehead atoms. The van der Waals surface area contributed by atoms with Gasteiger partial charge in [-0.05, 0) is 36.2 Å². The van der Waals surface area contributed by atoms with Crippen molar-refractivity contribution in [1.29, 1.82) is 0 Å². The van der Waals surface area contributed by atoms with Crippen LogP contribution in [0.25, 0.3) is 0 Å². The number of alkyl halides is 3. The lowest BCUT2D eigenvalue weighted by Gasteiger charge is -2.12. The van der Waals surface area contributed by atoms with Gasteiger partial charge in [0.2, 0.25) is 5.91 Å². The van der Waals surface area contributed by atoms with E-state index >= 15 is 0 Å². The van der Waals surface area contributed by atoms with E-state index in [4.69, 9.17) is 5.73 Å². The highest BCUT2D eigenvalue weighted by Crippen LogP contribution is 2.30. The number of nitrogen functional groups attached to an aromatic ring is 1. The number of anilines is 2. The average Bonchev–Trinajstić information content (AvgIpc) is 2.73. The number of carbonyl (C=O) groups excluding carboxylic acids is 2. The predicted octanol–water partition coefficient (Wildman–Crippen LogP) is 5.09. The number of halogens is 3. The molecule has 0 aliphatic rings. The van der Waals surface area contributed by atoms with Gasteiger partial charge in [-0.1, -0.05) is 48.5 Å². The molecule has 0 spiro atoms. The first-order valence-corrected chi connectivity index (χ1v) is 9.19. The van der Waals surface area contributed by atoms with Crippen molar-refractivity contribution in [2.75, 3.05) is 11.1 Å². The van der Waals surface area contributed by atoms with Crippen LogP contribution in [-0.4, -0.2) is 11.7 Å². The molecule has 0 radical (unpaired) electrons. The normalized spacial score (nSPS) is 11.2. The number of amides is 1. The Morgan fingerprint density at radius 1 is 0.900 bits per heavy atom. The standard InChI is InChI=1S/C23H19F3N2O2/c24-23(25,26)17-8-4-5-15(13-17)9-12-21(29)28-20-11-10-18(27)14-19(20)22(30)16-6-2-1-3-7-16/h1-8,10-11,13-14H,9,12,27H2,(H,28,29). The van der Waals surface area contributed by atoms with Crippen LogP contribution < -0.4 is 11.1 Å². The minimum atomic E-state index is -4.44. The number of ketones is 1. The van der Waals surface area contributed by atoms with Gasteiger partial charge in [-0.25, -0.2) is 0 Å². The molecule has 0 aromatic heterocycles. The zero-order chi connectivity index (χ0) is 21.7. The number of rotatable bonds is 6. The van der Waals surface area contributed by atoms with Gasteiger partial charge in [0.15, 0.2) is 5.78 Å². The highest BCUT2D eigenvalue weighted by Gasteiger charge is 2.30. The van der Waals surface area contributed by atoms with Crippen molar-refractivity contribution in [3.63, 3.8) is 0 Å². The van der Waals surface area contributed by atoms with Gasteiger partial charge >= 0.3 is 6.18 Å². The van der Waals surface area contributed by atoms with E-state index < -0.39 is 17.6 Å². The van der Waals surface area contributed by atoms with E-state index in [-0.39, 0.29) is 24.2 Å². The molecular weight excluding hydrogens is 393 g/mol. The van der Waals surface area contributed by atoms with E-state index in [2.05, 4.69) is 5.32 Å². The second-order valence-electron chi connectivity index (χ2n) is 6.75. The largest absolute Gasteiger partial charge is 0.416 e. The molecule has 0 aliphatic carbocycles. The minimum Gasteiger partial charge on any atom is -0.399 e. The lowest BCUT2D eigenvalue weighted by molar-refractivity contribution is -0.137. The summed E-state index contributed by atoms with van der Waals surface area (Å²) in [5, 5.41) is 2.67. The van der Waals surface area contributed by atoms with Gasteiger partial charge in [-0.2, -0.15) is 13.2 Å². The lowest BCUT2D eigenvalue weighted by atomic mass is 10.0. The fourth-order valence-electron chi connectivity index (χ4n) is 2.98. The Balaban J connectivity index is 1.72. The van der Waals surface area contributed by atoms with Gasteiger partial charge in [-0.15, -0.1) is 0 Å². The maximum absolute atomic E-state index is 12.8. The van der Waals surface area contributed by atoms with Crippen LogP contribution in [0.2, 0.25) is 0 Å². The van der Waals surface area contributed by atoms with Crippen LogP contribution in [0.3, 0.4) is 0 Å². The molecule has 3 aromatic rings. The maximum Gasteiger partial charge on any atom is 0.416 e. The summed E-state index contributed by atoms with van der Waals surface area (Å²) in [4.78, 5) is 25.2. The number of nitrogens with one attached hydrogen (secondary N) is 1. The molecular formula is C23H19F3N2O2. The summed E-state index contributed by atoms with van der Waals surface area (Å²) in [6, 6.07) is 18.0. The fraction of sp³-hybridized carbons (Fsp3) is 0.130. The van der Waals surface area contributed by atoms with Gasteiger partial charge in [0, 0.05) is 23.2 Å². The van der Waals surface area contributed by atoms with E-state index in [0.29, 0.717) is 22.5 Å². The molecule has 4 nitrogen and oxygen atoms in total. The lowest BCUT2D eigenvalue weighted by Crippen LogP contribution is -2.16. The number of benzene rings is 3. The Kier molecular flexibility index (Phi) is 6.20. The summed E-state index contributed by atoms with van der Waals surface area (Å²) in [5.74, 6) is -0.713. The number of carbonyl (C=O) groups is 2. The SMILES string of the molecule is Nc1ccc(NC(=O)CCc2cccc(C(F)(F)F)c2)c(C(=O)c2ccccc2)c1. The van der Waals surface area contributed by atoms with Gasteiger partial charge < -0.3 is 11.1 Å². The summed E-state index contributed by atoms with van der Waals surface area (Å²) < 4.78 is 38.5. The van der Waals surface area contributed by atoms with Crippen LogP contribution in [0.1, 0.15) is 33.5 Å². The van der Waals surface area contributed by atoms with Gasteiger partial charge in [0.05, 0.1) is 11.3 Å². The summed E-state index contributed by atoms with van der Waals surface area (Å²) >= 11 is 0. The number of hydrogen-bond acceptors (Lipinski definition) is 3. The molecule has 3 N–H and O–H groups in total. The third-order valence-electron chi connectivity index (χ3n) is 4.49. The number of aryl methyl sites for hydroxylation is 1. The van der Waals surface area contributed by atoms with Crippen molar-refractivity contribution in [2.45, 2.75) is 19.0 Å². The first-order chi connectivity index (χ1) is 14.2. The molecule has 0 saturated heterocycles. The van der Waals surface area contributed by atoms with Crippen LogP contribution in [0.5, 0.6) is 0 Å². The quantitative estimate of drug-likeness (QED) is 0.438. The molecule has 7 heteroatoms. The zero-order valence-electron chi connectivity index (χ0n) is 15.9. The molecule has 30 heavy (non-hydrogen) atoms. The summed E-state index contributed by atoms with van der Waals surface area (Å²) in [6.07, 6.45) is -4.34. The van der Waals surface area contributed by atoms with E-state index in [9.17, 15) is 22.8 Å². The van der Waals surface area contributed by atoms with E-state index in [0.717, 1.165) is 12.1 Å². The molecule has 0 aliphatic heterocycles. The monoisotopic (exact) mass is 412 g/mol. The number of hydrogen-bond donors (Lipinski definition) is 2. The Bertz CT molecular complexity index is 1060. The molecule has 0 heterocycles. The van der Waals surface area contributed by atoms with Crippen molar-refractivity contribution < 1.29 is 22.8 Å². The molecule has 3 rings (SSSR count). The van der Waals surface area contributed by atoms with Crippen molar-refractivity contribution >= 4 is 23.1 Å². The third kappa shape index (κ3) is 5.26. The first kappa shape index (κ1) is 21.1. The third-order valence-corrected chi connectivity index (χ3v) is 4.49. The van der Waals surface area contributed by atoms with Crippen LogP contribution in [0, 0.1) is 0 Å². The fourth-order valence-corrected chi connectivity index (χ4v) is 2.98. The molecule has 0 unspecified atom stereocenters. The molecule has 3 aromatic carbocycles. The van der Waals surface area contributed by atoms with Crippen LogP contribution >= 0.6 is 0 Å². The number of nitrogens with two attached hydrogens (primary N) is 1. The van der Waals surface area contributed by atoms with Gasteiger partial charge in [0.25, 0.3) is 0 Å². The smallest absolute Gasteiger partial charge is 0.399 e. The second kappa shape index (κ2) is 8.82. The van der Waals surface area contributed by atoms with Crippen LogP contribution in [0.15, 0.2) is 72.8 Å². The van der Waals surface area contributed by atoms with Crippen molar-refractivity contribution in [2.24, 2.45) is 0 Å². The second-order valence-corrected chi connectivity index (χ2v) is 6.75. The van der Waals surface area contributed by atoms with Crippen LogP contribution in [0.4, 0.5) is 24.5 Å². The molecule has 1 amide bonds. The first-order valence-electron chi connectivity index (χ1n) is 9.19. The van der Waals surface area contributed by atoms with E-state index in [1.807, 2.05) is 0 Å². The van der Waals surface area contributed by atoms with Crippen molar-refractivity contribution in [3.8, 4) is 0 Å². The highest BCUT2D eigenvalue weighted by atomic mass is 19.4. The molecule has 0 fully saturated rings. The topological polar surface area (TPSA) is 72.2 Å². The Labute approximate surface area is 171 Å². The van der Waals surface area contributed by atoms with E-state index in [1.165, 1.54) is 24.3 Å². The van der Waals surface area contributed by atoms with Crippen molar-refractivity contribution in [3.05, 3.63) is 95.1 Å². The Morgan fingerprint density at radius 3 is 2.33 bits per heavy atom.